The zero-order valence-electron chi connectivity index (χ0n) is 20.6. The van der Waals surface area contributed by atoms with Crippen LogP contribution in [0.25, 0.3) is 23.0 Å². The van der Waals surface area contributed by atoms with E-state index in [1.807, 2.05) is 24.3 Å². The normalized spacial score (nSPS) is 14.4. The van der Waals surface area contributed by atoms with Crippen LogP contribution in [-0.2, 0) is 6.54 Å². The van der Waals surface area contributed by atoms with Crippen LogP contribution in [0.15, 0.2) is 75.9 Å². The smallest absolute Gasteiger partial charge is 0.422 e. The molecule has 0 aliphatic carbocycles. The number of hydrogen-bond donors (Lipinski definition) is 0. The van der Waals surface area contributed by atoms with Crippen molar-refractivity contribution in [1.29, 1.82) is 0 Å². The molecule has 2 aromatic carbocycles. The zero-order chi connectivity index (χ0) is 27.4. The Morgan fingerprint density at radius 3 is 2.33 bits per heavy atom. The number of nitrogens with zero attached hydrogens (tertiary/aromatic N) is 5. The van der Waals surface area contributed by atoms with E-state index in [9.17, 15) is 18.0 Å². The number of carbonyl (C=O) groups excluding carboxylic acids is 1. The number of piperazine rings is 1. The summed E-state index contributed by atoms with van der Waals surface area (Å²) in [6, 6.07) is 17.5. The molecule has 8 nitrogen and oxygen atoms in total. The second-order valence-corrected chi connectivity index (χ2v) is 9.89. The summed E-state index contributed by atoms with van der Waals surface area (Å²) in [6.45, 7) is 1.76. The van der Waals surface area contributed by atoms with Gasteiger partial charge in [-0.05, 0) is 54.1 Å². The van der Waals surface area contributed by atoms with E-state index in [2.05, 4.69) is 36.0 Å². The molecule has 0 N–H and O–H groups in total. The molecule has 12 heteroatoms. The first-order chi connectivity index (χ1) is 18.7. The highest BCUT2D eigenvalue weighted by Crippen LogP contribution is 2.23. The molecular weight excluding hydrogens is 579 g/mol. The summed E-state index contributed by atoms with van der Waals surface area (Å²) >= 11 is 3.40. The third kappa shape index (κ3) is 7.01. The second kappa shape index (κ2) is 11.5. The molecule has 3 heterocycles. The van der Waals surface area contributed by atoms with Crippen molar-refractivity contribution in [3.63, 3.8) is 0 Å². The lowest BCUT2D eigenvalue weighted by molar-refractivity contribution is -0.153. The minimum absolute atomic E-state index is 0.110. The van der Waals surface area contributed by atoms with E-state index in [-0.39, 0.29) is 17.5 Å². The number of hydrogen-bond acceptors (Lipinski definition) is 7. The Morgan fingerprint density at radius 1 is 0.974 bits per heavy atom. The van der Waals surface area contributed by atoms with Gasteiger partial charge in [-0.1, -0.05) is 33.2 Å². The van der Waals surface area contributed by atoms with Crippen LogP contribution < -0.4 is 4.74 Å². The summed E-state index contributed by atoms with van der Waals surface area (Å²) < 4.78 is 48.0. The summed E-state index contributed by atoms with van der Waals surface area (Å²) in [7, 11) is 0. The second-order valence-electron chi connectivity index (χ2n) is 8.98. The lowest BCUT2D eigenvalue weighted by atomic mass is 10.1. The molecule has 1 aliphatic rings. The number of rotatable bonds is 7. The molecular formula is C27H23BrF3N5O3. The highest BCUT2D eigenvalue weighted by atomic mass is 79.9. The lowest BCUT2D eigenvalue weighted by Gasteiger charge is -2.34. The predicted molar refractivity (Wildman–Crippen MR) is 140 cm³/mol. The number of halogens is 4. The van der Waals surface area contributed by atoms with Gasteiger partial charge in [-0.25, -0.2) is 0 Å². The van der Waals surface area contributed by atoms with Gasteiger partial charge in [0.15, 0.2) is 6.61 Å². The molecule has 1 fully saturated rings. The predicted octanol–water partition coefficient (Wildman–Crippen LogP) is 5.46. The van der Waals surface area contributed by atoms with Gasteiger partial charge in [0.25, 0.3) is 11.8 Å². The maximum atomic E-state index is 13.0. The van der Waals surface area contributed by atoms with Gasteiger partial charge in [-0.15, -0.1) is 0 Å². The maximum absolute atomic E-state index is 13.0. The quantitative estimate of drug-likeness (QED) is 0.278. The Balaban J connectivity index is 1.12. The van der Waals surface area contributed by atoms with Crippen molar-refractivity contribution in [2.24, 2.45) is 0 Å². The van der Waals surface area contributed by atoms with Crippen LogP contribution >= 0.6 is 15.9 Å². The standard InChI is InChI=1S/C27H23BrF3N5O3/c28-21-6-3-19(4-7-21)24-33-25(39-34-24)23-10-5-20(15-32-23)26(37)36-13-11-35(12-14-36)16-18-1-8-22(9-2-18)38-17-27(29,30)31/h1-10,15H,11-14,16-17H2. The SMILES string of the molecule is O=C(c1ccc(-c2nc(-c3ccc(Br)cc3)no2)nc1)N1CCN(Cc2ccc(OCC(F)(F)F)cc2)CC1. The maximum Gasteiger partial charge on any atom is 0.422 e. The minimum atomic E-state index is -4.37. The zero-order valence-corrected chi connectivity index (χ0v) is 22.2. The third-order valence-corrected chi connectivity index (χ3v) is 6.68. The van der Waals surface area contributed by atoms with Crippen molar-refractivity contribution in [2.75, 3.05) is 32.8 Å². The molecule has 202 valence electrons. The summed E-state index contributed by atoms with van der Waals surface area (Å²) in [5.74, 6) is 0.778. The molecule has 0 unspecified atom stereocenters. The summed E-state index contributed by atoms with van der Waals surface area (Å²) in [6.07, 6.45) is -2.86. The Labute approximate surface area is 230 Å². The summed E-state index contributed by atoms with van der Waals surface area (Å²) in [4.78, 5) is 25.7. The van der Waals surface area contributed by atoms with Crippen molar-refractivity contribution in [1.82, 2.24) is 24.9 Å². The van der Waals surface area contributed by atoms with Gasteiger partial charge in [-0.3, -0.25) is 14.7 Å². The number of alkyl halides is 3. The lowest BCUT2D eigenvalue weighted by Crippen LogP contribution is -2.48. The van der Waals surface area contributed by atoms with Crippen LogP contribution in [0, 0.1) is 0 Å². The van der Waals surface area contributed by atoms with Crippen molar-refractivity contribution in [3.05, 3.63) is 82.5 Å². The first-order valence-electron chi connectivity index (χ1n) is 12.1. The van der Waals surface area contributed by atoms with E-state index in [0.29, 0.717) is 49.8 Å². The van der Waals surface area contributed by atoms with E-state index in [1.165, 1.54) is 18.3 Å². The number of aromatic nitrogens is 3. The van der Waals surface area contributed by atoms with Gasteiger partial charge in [0, 0.05) is 49.0 Å². The fourth-order valence-electron chi connectivity index (χ4n) is 4.10. The molecule has 2 aromatic heterocycles. The van der Waals surface area contributed by atoms with Gasteiger partial charge in [0.05, 0.1) is 5.56 Å². The first kappa shape index (κ1) is 26.8. The molecule has 0 radical (unpaired) electrons. The van der Waals surface area contributed by atoms with Crippen molar-refractivity contribution < 1.29 is 27.2 Å². The van der Waals surface area contributed by atoms with E-state index in [0.717, 1.165) is 15.6 Å². The van der Waals surface area contributed by atoms with Crippen molar-refractivity contribution in [3.8, 4) is 28.7 Å². The minimum Gasteiger partial charge on any atom is -0.484 e. The number of ether oxygens (including phenoxy) is 1. The number of carbonyl (C=O) groups is 1. The average molecular weight is 602 g/mol. The summed E-state index contributed by atoms with van der Waals surface area (Å²) in [5.41, 5.74) is 2.71. The van der Waals surface area contributed by atoms with Crippen LogP contribution in [0.5, 0.6) is 5.75 Å². The number of benzene rings is 2. The highest BCUT2D eigenvalue weighted by Gasteiger charge is 2.28. The fraction of sp³-hybridized carbons (Fsp3) is 0.259. The van der Waals surface area contributed by atoms with Crippen LogP contribution in [0.2, 0.25) is 0 Å². The van der Waals surface area contributed by atoms with Crippen LogP contribution in [-0.4, -0.2) is 69.8 Å². The fourth-order valence-corrected chi connectivity index (χ4v) is 4.36. The van der Waals surface area contributed by atoms with Crippen molar-refractivity contribution >= 4 is 21.8 Å². The molecule has 1 amide bonds. The third-order valence-electron chi connectivity index (χ3n) is 6.15. The Kier molecular flexibility index (Phi) is 7.94. The Bertz CT molecular complexity index is 1400. The van der Waals surface area contributed by atoms with E-state index >= 15 is 0 Å². The largest absolute Gasteiger partial charge is 0.484 e. The van der Waals surface area contributed by atoms with Crippen LogP contribution in [0.4, 0.5) is 13.2 Å². The van der Waals surface area contributed by atoms with Gasteiger partial charge in [0.2, 0.25) is 5.82 Å². The van der Waals surface area contributed by atoms with Gasteiger partial charge in [-0.2, -0.15) is 18.2 Å². The van der Waals surface area contributed by atoms with E-state index < -0.39 is 12.8 Å². The molecule has 5 rings (SSSR count). The molecule has 0 spiro atoms. The first-order valence-corrected chi connectivity index (χ1v) is 12.9. The molecule has 1 aliphatic heterocycles. The van der Waals surface area contributed by atoms with E-state index in [4.69, 9.17) is 9.26 Å². The Morgan fingerprint density at radius 2 is 1.69 bits per heavy atom. The highest BCUT2D eigenvalue weighted by molar-refractivity contribution is 9.10. The topological polar surface area (TPSA) is 84.6 Å². The molecule has 0 bridgehead atoms. The van der Waals surface area contributed by atoms with Crippen molar-refractivity contribution in [2.45, 2.75) is 12.7 Å². The van der Waals surface area contributed by atoms with Gasteiger partial charge < -0.3 is 14.2 Å². The molecule has 0 saturated carbocycles. The number of pyridine rings is 1. The average Bonchev–Trinajstić information content (AvgIpc) is 3.43. The molecule has 1 saturated heterocycles. The number of amides is 1. The van der Waals surface area contributed by atoms with Gasteiger partial charge >= 0.3 is 6.18 Å². The molecule has 39 heavy (non-hydrogen) atoms. The monoisotopic (exact) mass is 601 g/mol. The van der Waals surface area contributed by atoms with Crippen LogP contribution in [0.3, 0.4) is 0 Å². The molecule has 4 aromatic rings. The molecule has 0 atom stereocenters. The van der Waals surface area contributed by atoms with Crippen LogP contribution in [0.1, 0.15) is 15.9 Å². The van der Waals surface area contributed by atoms with E-state index in [1.54, 1.807) is 29.2 Å². The summed E-state index contributed by atoms with van der Waals surface area (Å²) in [5, 5.41) is 4.01. The Hall–Kier alpha value is -3.77. The van der Waals surface area contributed by atoms with Gasteiger partial charge in [0.1, 0.15) is 11.4 Å².